The summed E-state index contributed by atoms with van der Waals surface area (Å²) < 4.78 is 11.2. The highest BCUT2D eigenvalue weighted by atomic mass is 16.5. The van der Waals surface area contributed by atoms with Gasteiger partial charge in [0.1, 0.15) is 12.4 Å². The number of hydrogen-bond acceptors (Lipinski definition) is 4. The van der Waals surface area contributed by atoms with Crippen molar-refractivity contribution in [2.75, 3.05) is 27.3 Å². The van der Waals surface area contributed by atoms with Crippen LogP contribution in [0.25, 0.3) is 0 Å². The van der Waals surface area contributed by atoms with Crippen molar-refractivity contribution in [1.29, 1.82) is 0 Å². The first-order chi connectivity index (χ1) is 20.3. The van der Waals surface area contributed by atoms with Crippen LogP contribution in [-0.4, -0.2) is 49.4 Å². The van der Waals surface area contributed by atoms with Crippen molar-refractivity contribution in [1.82, 2.24) is 4.90 Å². The molecule has 0 aliphatic heterocycles. The van der Waals surface area contributed by atoms with Gasteiger partial charge in [-0.2, -0.15) is 0 Å². The van der Waals surface area contributed by atoms with Crippen LogP contribution in [0.15, 0.2) is 91.0 Å². The largest absolute Gasteiger partial charge is 0.492 e. The molecule has 5 heteroatoms. The molecule has 0 heterocycles. The third-order valence-electron chi connectivity index (χ3n) is 8.58. The fourth-order valence-corrected chi connectivity index (χ4v) is 6.06. The van der Waals surface area contributed by atoms with Crippen molar-refractivity contribution in [2.24, 2.45) is 0 Å². The maximum atomic E-state index is 11.3. The number of nitrogens with zero attached hydrogens (tertiary/aromatic N) is 1. The Labute approximate surface area is 249 Å². The summed E-state index contributed by atoms with van der Waals surface area (Å²) in [6.07, 6.45) is 1.53. The van der Waals surface area contributed by atoms with E-state index in [0.29, 0.717) is 18.9 Å². The van der Waals surface area contributed by atoms with Crippen LogP contribution in [0.5, 0.6) is 5.75 Å². The molecule has 0 saturated carbocycles. The predicted octanol–water partition coefficient (Wildman–Crippen LogP) is 6.99. The highest BCUT2D eigenvalue weighted by Gasteiger charge is 2.28. The quantitative estimate of drug-likeness (QED) is 0.213. The van der Waals surface area contributed by atoms with Crippen LogP contribution >= 0.6 is 0 Å². The van der Waals surface area contributed by atoms with Crippen LogP contribution in [-0.2, 0) is 28.8 Å². The second kappa shape index (κ2) is 13.4. The molecule has 0 radical (unpaired) electrons. The van der Waals surface area contributed by atoms with Crippen molar-refractivity contribution >= 4 is 5.97 Å². The van der Waals surface area contributed by atoms with E-state index in [9.17, 15) is 9.90 Å². The van der Waals surface area contributed by atoms with E-state index in [-0.39, 0.29) is 6.04 Å². The minimum absolute atomic E-state index is 0.145. The molecule has 3 unspecified atom stereocenters. The Morgan fingerprint density at radius 1 is 0.905 bits per heavy atom. The van der Waals surface area contributed by atoms with Gasteiger partial charge in [0.15, 0.2) is 6.10 Å². The van der Waals surface area contributed by atoms with E-state index in [1.165, 1.54) is 46.1 Å². The summed E-state index contributed by atoms with van der Waals surface area (Å²) >= 11 is 0. The Kier molecular flexibility index (Phi) is 9.41. The van der Waals surface area contributed by atoms with E-state index in [1.54, 1.807) is 0 Å². The SMILES string of the molecule is COC(Cc1ccc(OCCN(C)C2c3ccc(C(C)c4ccccc4)cc3CCc3ccc(C)cc32)cc1)C(=O)O. The number of rotatable bonds is 11. The molecule has 5 rings (SSSR count). The first-order valence-electron chi connectivity index (χ1n) is 14.8. The van der Waals surface area contributed by atoms with Crippen LogP contribution in [0.3, 0.4) is 0 Å². The zero-order chi connectivity index (χ0) is 29.6. The zero-order valence-electron chi connectivity index (χ0n) is 25.0. The van der Waals surface area contributed by atoms with E-state index in [1.807, 2.05) is 24.3 Å². The third kappa shape index (κ3) is 6.75. The third-order valence-corrected chi connectivity index (χ3v) is 8.58. The van der Waals surface area contributed by atoms with Crippen molar-refractivity contribution in [2.45, 2.75) is 51.2 Å². The smallest absolute Gasteiger partial charge is 0.333 e. The molecule has 1 aliphatic carbocycles. The molecule has 0 fully saturated rings. The number of fused-ring (bicyclic) bond motifs is 2. The number of methoxy groups -OCH3 is 1. The standard InChI is InChI=1S/C37H41NO4/c1-25-10-13-29-14-15-31-24-30(26(2)28-8-6-5-7-9-28)16-19-33(31)36(34(29)22-25)38(3)20-21-42-32-17-11-27(12-18-32)23-35(41-4)37(39)40/h5-13,16-19,22,24,26,35-36H,14-15,20-21,23H2,1-4H3,(H,39,40). The van der Waals surface area contributed by atoms with Crippen molar-refractivity contribution < 1.29 is 19.4 Å². The molecule has 0 bridgehead atoms. The summed E-state index contributed by atoms with van der Waals surface area (Å²) in [6, 6.07) is 32.5. The summed E-state index contributed by atoms with van der Waals surface area (Å²) in [4.78, 5) is 13.7. The van der Waals surface area contributed by atoms with Gasteiger partial charge in [0.25, 0.3) is 0 Å². The molecule has 42 heavy (non-hydrogen) atoms. The normalized spacial score (nSPS) is 15.8. The van der Waals surface area contributed by atoms with Crippen LogP contribution in [0.2, 0.25) is 0 Å². The average molecular weight is 564 g/mol. The molecule has 5 nitrogen and oxygen atoms in total. The fourth-order valence-electron chi connectivity index (χ4n) is 6.06. The van der Waals surface area contributed by atoms with Crippen molar-refractivity contribution in [3.8, 4) is 5.75 Å². The lowest BCUT2D eigenvalue weighted by Gasteiger charge is -2.31. The number of carboxylic acid groups (broad SMARTS) is 1. The number of hydrogen-bond donors (Lipinski definition) is 1. The minimum atomic E-state index is -0.959. The predicted molar refractivity (Wildman–Crippen MR) is 168 cm³/mol. The molecule has 0 spiro atoms. The van der Waals surface area contributed by atoms with Gasteiger partial charge in [0.05, 0.1) is 6.04 Å². The molecule has 0 saturated heterocycles. The van der Waals surface area contributed by atoms with Crippen molar-refractivity contribution in [3.05, 3.63) is 136 Å². The summed E-state index contributed by atoms with van der Waals surface area (Å²) in [5.41, 5.74) is 10.5. The summed E-state index contributed by atoms with van der Waals surface area (Å²) in [7, 11) is 3.61. The molecule has 1 aliphatic rings. The topological polar surface area (TPSA) is 59.0 Å². The van der Waals surface area contributed by atoms with Gasteiger partial charge in [-0.3, -0.25) is 4.90 Å². The lowest BCUT2D eigenvalue weighted by molar-refractivity contribution is -0.148. The lowest BCUT2D eigenvalue weighted by Crippen LogP contribution is -2.30. The molecule has 1 N–H and O–H groups in total. The Morgan fingerprint density at radius 2 is 1.64 bits per heavy atom. The van der Waals surface area contributed by atoms with Crippen LogP contribution < -0.4 is 4.74 Å². The number of carbonyl (C=O) groups is 1. The monoisotopic (exact) mass is 563 g/mol. The lowest BCUT2D eigenvalue weighted by atomic mass is 9.87. The number of aliphatic carboxylic acids is 1. The Balaban J connectivity index is 1.33. The minimum Gasteiger partial charge on any atom is -0.492 e. The van der Waals surface area contributed by atoms with Gasteiger partial charge < -0.3 is 14.6 Å². The molecule has 4 aromatic rings. The summed E-state index contributed by atoms with van der Waals surface area (Å²) in [5, 5.41) is 9.25. The highest BCUT2D eigenvalue weighted by molar-refractivity contribution is 5.72. The number of aryl methyl sites for hydroxylation is 3. The molecule has 0 aromatic heterocycles. The molecule has 218 valence electrons. The second-order valence-electron chi connectivity index (χ2n) is 11.4. The van der Waals surface area contributed by atoms with Crippen LogP contribution in [0, 0.1) is 6.92 Å². The van der Waals surface area contributed by atoms with Gasteiger partial charge in [-0.15, -0.1) is 0 Å². The Hall–Kier alpha value is -3.93. The number of carboxylic acids is 1. The van der Waals surface area contributed by atoms with E-state index < -0.39 is 12.1 Å². The average Bonchev–Trinajstić information content (AvgIpc) is 3.16. The second-order valence-corrected chi connectivity index (χ2v) is 11.4. The first kappa shape index (κ1) is 29.6. The first-order valence-corrected chi connectivity index (χ1v) is 14.8. The maximum Gasteiger partial charge on any atom is 0.333 e. The van der Waals surface area contributed by atoms with E-state index in [4.69, 9.17) is 9.47 Å². The summed E-state index contributed by atoms with van der Waals surface area (Å²) in [6.45, 7) is 5.77. The molecule has 0 amide bonds. The Morgan fingerprint density at radius 3 is 2.36 bits per heavy atom. The molecular weight excluding hydrogens is 522 g/mol. The highest BCUT2D eigenvalue weighted by Crippen LogP contribution is 2.38. The van der Waals surface area contributed by atoms with Gasteiger partial charge >= 0.3 is 5.97 Å². The summed E-state index contributed by atoms with van der Waals surface area (Å²) in [5.74, 6) is 0.151. The maximum absolute atomic E-state index is 11.3. The van der Waals surface area contributed by atoms with E-state index in [0.717, 1.165) is 30.7 Å². The number of benzene rings is 4. The van der Waals surface area contributed by atoms with E-state index >= 15 is 0 Å². The molecular formula is C37H41NO4. The van der Waals surface area contributed by atoms with Gasteiger partial charge in [-0.25, -0.2) is 4.79 Å². The van der Waals surface area contributed by atoms with Gasteiger partial charge in [0.2, 0.25) is 0 Å². The number of ether oxygens (including phenoxy) is 2. The van der Waals surface area contributed by atoms with Crippen LogP contribution in [0.4, 0.5) is 0 Å². The Bertz CT molecular complexity index is 1500. The fraction of sp³-hybridized carbons (Fsp3) is 0.324. The van der Waals surface area contributed by atoms with Gasteiger partial charge in [-0.05, 0) is 77.9 Å². The van der Waals surface area contributed by atoms with Gasteiger partial charge in [-0.1, -0.05) is 91.3 Å². The molecule has 3 atom stereocenters. The zero-order valence-corrected chi connectivity index (χ0v) is 25.0. The van der Waals surface area contributed by atoms with Crippen LogP contribution in [0.1, 0.15) is 63.4 Å². The van der Waals surface area contributed by atoms with E-state index in [2.05, 4.69) is 92.5 Å². The molecule has 4 aromatic carbocycles. The van der Waals surface area contributed by atoms with Gasteiger partial charge in [0, 0.05) is 26.0 Å². The number of likely N-dealkylation sites (N-methyl/N-ethyl adjacent to an activating group) is 1. The van der Waals surface area contributed by atoms with Crippen molar-refractivity contribution in [3.63, 3.8) is 0 Å².